The predicted octanol–water partition coefficient (Wildman–Crippen LogP) is 0.351. The number of halogens is 1. The number of hydrogen-bond acceptors (Lipinski definition) is 5. The molecule has 25 heavy (non-hydrogen) atoms. The van der Waals surface area contributed by atoms with Crippen molar-refractivity contribution >= 4 is 33.4 Å². The Hall–Kier alpha value is -1.84. The van der Waals surface area contributed by atoms with Crippen LogP contribution in [0.5, 0.6) is 5.75 Å². The molecule has 0 aliphatic carbocycles. The summed E-state index contributed by atoms with van der Waals surface area (Å²) in [5, 5.41) is 2.68. The number of primary amides is 1. The molecule has 138 valence electrons. The van der Waals surface area contributed by atoms with Crippen molar-refractivity contribution in [3.63, 3.8) is 0 Å². The smallest absolute Gasteiger partial charge is 0.246 e. The molecule has 0 radical (unpaired) electrons. The van der Waals surface area contributed by atoms with Crippen LogP contribution in [0.3, 0.4) is 0 Å². The average Bonchev–Trinajstić information content (AvgIpc) is 2.59. The molecule has 2 amide bonds. The quantitative estimate of drug-likeness (QED) is 0.727. The van der Waals surface area contributed by atoms with Gasteiger partial charge in [0.2, 0.25) is 21.8 Å². The van der Waals surface area contributed by atoms with Gasteiger partial charge in [-0.15, -0.1) is 0 Å². The summed E-state index contributed by atoms with van der Waals surface area (Å²) in [6.45, 7) is 0.0321. The van der Waals surface area contributed by atoms with E-state index in [9.17, 15) is 18.0 Å². The molecule has 1 heterocycles. The number of sulfonamides is 1. The number of hydrogen-bond donors (Lipinski definition) is 2. The van der Waals surface area contributed by atoms with E-state index in [1.807, 2.05) is 0 Å². The van der Waals surface area contributed by atoms with Crippen LogP contribution in [0.2, 0.25) is 5.02 Å². The second-order valence-electron chi connectivity index (χ2n) is 5.68. The Morgan fingerprint density at radius 1 is 1.44 bits per heavy atom. The van der Waals surface area contributed by atoms with Gasteiger partial charge in [-0.1, -0.05) is 11.6 Å². The summed E-state index contributed by atoms with van der Waals surface area (Å²) < 4.78 is 32.2. The Balaban J connectivity index is 2.21. The van der Waals surface area contributed by atoms with E-state index in [1.165, 1.54) is 29.6 Å². The van der Waals surface area contributed by atoms with Gasteiger partial charge < -0.3 is 15.8 Å². The van der Waals surface area contributed by atoms with Crippen molar-refractivity contribution in [2.45, 2.75) is 17.7 Å². The Labute approximate surface area is 151 Å². The summed E-state index contributed by atoms with van der Waals surface area (Å²) in [6.07, 6.45) is 1.06. The average molecular weight is 390 g/mol. The molecule has 1 saturated heterocycles. The number of nitrogens with zero attached hydrogens (tertiary/aromatic N) is 1. The zero-order chi connectivity index (χ0) is 18.6. The molecule has 0 unspecified atom stereocenters. The van der Waals surface area contributed by atoms with Crippen LogP contribution >= 0.6 is 11.6 Å². The Morgan fingerprint density at radius 2 is 2.16 bits per heavy atom. The third-order valence-electron chi connectivity index (χ3n) is 3.94. The van der Waals surface area contributed by atoms with Gasteiger partial charge in [0.1, 0.15) is 10.6 Å². The number of carbonyl (C=O) groups is 2. The largest absolute Gasteiger partial charge is 0.495 e. The van der Waals surface area contributed by atoms with Crippen molar-refractivity contribution in [2.75, 3.05) is 26.7 Å². The summed E-state index contributed by atoms with van der Waals surface area (Å²) in [5.41, 5.74) is 5.00. The van der Waals surface area contributed by atoms with Crippen LogP contribution < -0.4 is 15.8 Å². The van der Waals surface area contributed by atoms with Crippen molar-refractivity contribution in [1.82, 2.24) is 9.62 Å². The van der Waals surface area contributed by atoms with Gasteiger partial charge in [-0.2, -0.15) is 4.31 Å². The first-order valence-electron chi connectivity index (χ1n) is 7.65. The fourth-order valence-corrected chi connectivity index (χ4v) is 4.63. The summed E-state index contributed by atoms with van der Waals surface area (Å²) in [7, 11) is -2.50. The summed E-state index contributed by atoms with van der Waals surface area (Å²) in [4.78, 5) is 22.8. The molecule has 3 N–H and O–H groups in total. The van der Waals surface area contributed by atoms with Crippen LogP contribution in [0.25, 0.3) is 0 Å². The van der Waals surface area contributed by atoms with E-state index in [-0.39, 0.29) is 35.3 Å². The zero-order valence-corrected chi connectivity index (χ0v) is 15.3. The SMILES string of the molecule is COc1ccc(Cl)cc1S(=O)(=O)N1CCC[C@@H](C(=O)NCC(N)=O)C1. The molecule has 0 spiro atoms. The number of methoxy groups -OCH3 is 1. The molecule has 8 nitrogen and oxygen atoms in total. The lowest BCUT2D eigenvalue weighted by atomic mass is 9.99. The molecule has 1 aliphatic heterocycles. The number of nitrogens with one attached hydrogen (secondary N) is 1. The molecular weight excluding hydrogens is 370 g/mol. The maximum atomic E-state index is 12.9. The lowest BCUT2D eigenvalue weighted by Crippen LogP contribution is -2.46. The Bertz CT molecular complexity index is 768. The van der Waals surface area contributed by atoms with Gasteiger partial charge in [-0.3, -0.25) is 9.59 Å². The van der Waals surface area contributed by atoms with Crippen LogP contribution in [0, 0.1) is 5.92 Å². The lowest BCUT2D eigenvalue weighted by molar-refractivity contribution is -0.128. The monoisotopic (exact) mass is 389 g/mol. The number of amides is 2. The summed E-state index contributed by atoms with van der Waals surface area (Å²) in [5.74, 6) is -1.41. The molecule has 2 rings (SSSR count). The number of rotatable bonds is 6. The maximum absolute atomic E-state index is 12.9. The van der Waals surface area contributed by atoms with E-state index < -0.39 is 27.8 Å². The summed E-state index contributed by atoms with van der Waals surface area (Å²) >= 11 is 5.92. The first-order chi connectivity index (χ1) is 11.8. The molecule has 1 fully saturated rings. The second-order valence-corrected chi connectivity index (χ2v) is 8.02. The van der Waals surface area contributed by atoms with E-state index in [0.717, 1.165) is 0 Å². The number of nitrogens with two attached hydrogens (primary N) is 1. The molecule has 1 aromatic carbocycles. The second kappa shape index (κ2) is 8.03. The van der Waals surface area contributed by atoms with Gasteiger partial charge in [-0.05, 0) is 31.0 Å². The van der Waals surface area contributed by atoms with Crippen LogP contribution in [0.4, 0.5) is 0 Å². The molecule has 10 heteroatoms. The van der Waals surface area contributed by atoms with Crippen molar-refractivity contribution in [3.8, 4) is 5.75 Å². The van der Waals surface area contributed by atoms with E-state index in [4.69, 9.17) is 22.1 Å². The van der Waals surface area contributed by atoms with Crippen LogP contribution in [-0.4, -0.2) is 51.3 Å². The highest BCUT2D eigenvalue weighted by molar-refractivity contribution is 7.89. The third-order valence-corrected chi connectivity index (χ3v) is 6.06. The molecule has 0 aromatic heterocycles. The highest BCUT2D eigenvalue weighted by atomic mass is 35.5. The van der Waals surface area contributed by atoms with E-state index in [2.05, 4.69) is 5.32 Å². The zero-order valence-electron chi connectivity index (χ0n) is 13.7. The molecule has 0 bridgehead atoms. The standard InChI is InChI=1S/C15H20ClN3O5S/c1-24-12-5-4-11(16)7-13(12)25(22,23)19-6-2-3-10(9-19)15(21)18-8-14(17)20/h4-5,7,10H,2-3,6,8-9H2,1H3,(H2,17,20)(H,18,21)/t10-/m1/s1. The van der Waals surface area contributed by atoms with Crippen molar-refractivity contribution in [3.05, 3.63) is 23.2 Å². The van der Waals surface area contributed by atoms with Gasteiger partial charge in [0.05, 0.1) is 19.6 Å². The number of ether oxygens (including phenoxy) is 1. The fraction of sp³-hybridized carbons (Fsp3) is 0.467. The Kier molecular flexibility index (Phi) is 6.26. The summed E-state index contributed by atoms with van der Waals surface area (Å²) in [6, 6.07) is 4.35. The van der Waals surface area contributed by atoms with Crippen LogP contribution in [0.1, 0.15) is 12.8 Å². The van der Waals surface area contributed by atoms with E-state index in [0.29, 0.717) is 12.8 Å². The van der Waals surface area contributed by atoms with Gasteiger partial charge >= 0.3 is 0 Å². The van der Waals surface area contributed by atoms with E-state index in [1.54, 1.807) is 0 Å². The van der Waals surface area contributed by atoms with Crippen molar-refractivity contribution in [1.29, 1.82) is 0 Å². The molecular formula is C15H20ClN3O5S. The van der Waals surface area contributed by atoms with Gasteiger partial charge in [0.15, 0.2) is 0 Å². The third kappa shape index (κ3) is 4.62. The molecule has 1 aromatic rings. The minimum atomic E-state index is -3.87. The Morgan fingerprint density at radius 3 is 2.80 bits per heavy atom. The fourth-order valence-electron chi connectivity index (χ4n) is 2.68. The number of carbonyl (C=O) groups excluding carboxylic acids is 2. The maximum Gasteiger partial charge on any atom is 0.246 e. The van der Waals surface area contributed by atoms with Gasteiger partial charge in [0, 0.05) is 18.1 Å². The minimum Gasteiger partial charge on any atom is -0.495 e. The highest BCUT2D eigenvalue weighted by Gasteiger charge is 2.35. The van der Waals surface area contributed by atoms with Crippen LogP contribution in [0.15, 0.2) is 23.1 Å². The number of piperidine rings is 1. The normalized spacial score (nSPS) is 18.6. The number of benzene rings is 1. The topological polar surface area (TPSA) is 119 Å². The molecule has 1 aliphatic rings. The first-order valence-corrected chi connectivity index (χ1v) is 9.47. The van der Waals surface area contributed by atoms with Crippen LogP contribution in [-0.2, 0) is 19.6 Å². The predicted molar refractivity (Wildman–Crippen MR) is 91.7 cm³/mol. The van der Waals surface area contributed by atoms with Crippen molar-refractivity contribution in [2.24, 2.45) is 11.7 Å². The van der Waals surface area contributed by atoms with Gasteiger partial charge in [-0.25, -0.2) is 8.42 Å². The lowest BCUT2D eigenvalue weighted by Gasteiger charge is -2.31. The molecule has 0 saturated carbocycles. The minimum absolute atomic E-state index is 0.0165. The highest BCUT2D eigenvalue weighted by Crippen LogP contribution is 2.31. The van der Waals surface area contributed by atoms with Gasteiger partial charge in [0.25, 0.3) is 0 Å². The first kappa shape index (κ1) is 19.5. The molecule has 1 atom stereocenters. The van der Waals surface area contributed by atoms with Crippen molar-refractivity contribution < 1.29 is 22.7 Å². The van der Waals surface area contributed by atoms with E-state index >= 15 is 0 Å².